The first-order valence-electron chi connectivity index (χ1n) is 9.72. The Morgan fingerprint density at radius 2 is 1.84 bits per heavy atom. The number of benzene rings is 2. The second kappa shape index (κ2) is 8.65. The van der Waals surface area contributed by atoms with E-state index in [4.69, 9.17) is 5.14 Å². The van der Waals surface area contributed by atoms with Crippen molar-refractivity contribution in [2.45, 2.75) is 17.9 Å². The summed E-state index contributed by atoms with van der Waals surface area (Å²) in [5.41, 5.74) is 1.42. The Labute approximate surface area is 190 Å². The van der Waals surface area contributed by atoms with Crippen LogP contribution in [-0.4, -0.2) is 41.0 Å². The monoisotopic (exact) mass is 467 g/mol. The molecule has 164 valence electrons. The summed E-state index contributed by atoms with van der Waals surface area (Å²) in [4.78, 5) is 20.2. The van der Waals surface area contributed by atoms with Crippen molar-refractivity contribution < 1.29 is 13.2 Å². The zero-order valence-electron chi connectivity index (χ0n) is 17.4. The number of thiophene rings is 1. The third kappa shape index (κ3) is 4.33. The summed E-state index contributed by atoms with van der Waals surface area (Å²) in [7, 11) is -2.22. The van der Waals surface area contributed by atoms with Gasteiger partial charge in [-0.3, -0.25) is 4.79 Å². The van der Waals surface area contributed by atoms with Crippen LogP contribution in [0.25, 0.3) is 16.4 Å². The SMILES string of the molecule is CC(c1cccc(S(N)(=O)=O)c1)N(C)C(=O)c1nc(-c2cccs2)n(-c2ccccc2)n1. The van der Waals surface area contributed by atoms with Crippen molar-refractivity contribution in [2.75, 3.05) is 7.05 Å². The third-order valence-corrected chi connectivity index (χ3v) is 6.89. The molecule has 1 amide bonds. The summed E-state index contributed by atoms with van der Waals surface area (Å²) < 4.78 is 25.0. The average Bonchev–Trinajstić information content (AvgIpc) is 3.47. The minimum Gasteiger partial charge on any atom is -0.332 e. The van der Waals surface area contributed by atoms with Crippen LogP contribution in [0.5, 0.6) is 0 Å². The van der Waals surface area contributed by atoms with E-state index in [1.54, 1.807) is 30.8 Å². The molecule has 2 aromatic carbocycles. The first-order valence-corrected chi connectivity index (χ1v) is 12.1. The number of amides is 1. The molecular formula is C22H21N5O3S2. The summed E-state index contributed by atoms with van der Waals surface area (Å²) >= 11 is 1.51. The molecule has 0 saturated carbocycles. The quantitative estimate of drug-likeness (QED) is 0.467. The van der Waals surface area contributed by atoms with E-state index in [0.29, 0.717) is 11.4 Å². The molecule has 0 fully saturated rings. The van der Waals surface area contributed by atoms with Gasteiger partial charge < -0.3 is 4.90 Å². The van der Waals surface area contributed by atoms with Gasteiger partial charge in [0.25, 0.3) is 5.91 Å². The van der Waals surface area contributed by atoms with Crippen LogP contribution in [0.15, 0.2) is 77.0 Å². The van der Waals surface area contributed by atoms with Gasteiger partial charge in [0.15, 0.2) is 5.82 Å². The van der Waals surface area contributed by atoms with E-state index in [9.17, 15) is 13.2 Å². The molecule has 0 radical (unpaired) electrons. The standard InChI is InChI=1S/C22H21N5O3S2/c1-15(16-8-6-11-18(14-16)32(23,29)30)26(2)22(28)20-24-21(19-12-7-13-31-19)27(25-20)17-9-4-3-5-10-17/h3-15H,1-2H3,(H2,23,29,30). The summed E-state index contributed by atoms with van der Waals surface area (Å²) in [6.07, 6.45) is 0. The van der Waals surface area contributed by atoms with E-state index >= 15 is 0 Å². The highest BCUT2D eigenvalue weighted by Crippen LogP contribution is 2.27. The Balaban J connectivity index is 1.69. The number of primary sulfonamides is 1. The molecule has 0 saturated heterocycles. The molecule has 0 aliphatic rings. The number of rotatable bonds is 6. The summed E-state index contributed by atoms with van der Waals surface area (Å²) in [5, 5.41) is 11.7. The fraction of sp³-hybridized carbons (Fsp3) is 0.136. The maximum absolute atomic E-state index is 13.3. The number of carbonyl (C=O) groups is 1. The molecule has 10 heteroatoms. The highest BCUT2D eigenvalue weighted by atomic mass is 32.2. The Morgan fingerprint density at radius 3 is 2.50 bits per heavy atom. The van der Waals surface area contributed by atoms with Gasteiger partial charge in [0.2, 0.25) is 15.8 Å². The topological polar surface area (TPSA) is 111 Å². The van der Waals surface area contributed by atoms with Gasteiger partial charge in [0.1, 0.15) is 0 Å². The molecule has 0 bridgehead atoms. The first kappa shape index (κ1) is 21.9. The fourth-order valence-electron chi connectivity index (χ4n) is 3.23. The van der Waals surface area contributed by atoms with Gasteiger partial charge >= 0.3 is 0 Å². The van der Waals surface area contributed by atoms with Crippen LogP contribution in [-0.2, 0) is 10.0 Å². The van der Waals surface area contributed by atoms with Crippen molar-refractivity contribution in [1.29, 1.82) is 0 Å². The van der Waals surface area contributed by atoms with Crippen molar-refractivity contribution in [3.8, 4) is 16.4 Å². The smallest absolute Gasteiger partial charge is 0.293 e. The molecule has 0 aliphatic carbocycles. The van der Waals surface area contributed by atoms with E-state index < -0.39 is 16.1 Å². The van der Waals surface area contributed by atoms with Crippen LogP contribution < -0.4 is 5.14 Å². The number of carbonyl (C=O) groups excluding carboxylic acids is 1. The number of nitrogens with zero attached hydrogens (tertiary/aromatic N) is 4. The largest absolute Gasteiger partial charge is 0.332 e. The van der Waals surface area contributed by atoms with Crippen LogP contribution in [0.2, 0.25) is 0 Å². The van der Waals surface area contributed by atoms with E-state index in [2.05, 4.69) is 10.1 Å². The Morgan fingerprint density at radius 1 is 1.09 bits per heavy atom. The summed E-state index contributed by atoms with van der Waals surface area (Å²) in [6, 6.07) is 19.1. The molecule has 32 heavy (non-hydrogen) atoms. The van der Waals surface area contributed by atoms with Gasteiger partial charge in [-0.1, -0.05) is 36.4 Å². The number of para-hydroxylation sites is 1. The van der Waals surface area contributed by atoms with Crippen LogP contribution in [0, 0.1) is 0 Å². The van der Waals surface area contributed by atoms with Crippen molar-refractivity contribution in [1.82, 2.24) is 19.7 Å². The molecule has 8 nitrogen and oxygen atoms in total. The Hall–Kier alpha value is -3.34. The normalized spacial score (nSPS) is 12.5. The van der Waals surface area contributed by atoms with Crippen LogP contribution in [0.1, 0.15) is 29.1 Å². The lowest BCUT2D eigenvalue weighted by Crippen LogP contribution is -2.30. The molecule has 2 heterocycles. The maximum Gasteiger partial charge on any atom is 0.293 e. The van der Waals surface area contributed by atoms with E-state index in [1.165, 1.54) is 28.4 Å². The number of hydrogen-bond acceptors (Lipinski definition) is 6. The molecule has 1 atom stereocenters. The highest BCUT2D eigenvalue weighted by Gasteiger charge is 2.26. The molecule has 1 unspecified atom stereocenters. The molecule has 2 N–H and O–H groups in total. The van der Waals surface area contributed by atoms with E-state index in [-0.39, 0.29) is 16.6 Å². The van der Waals surface area contributed by atoms with Gasteiger partial charge in [-0.15, -0.1) is 16.4 Å². The Kier molecular flexibility index (Phi) is 5.92. The van der Waals surface area contributed by atoms with Crippen molar-refractivity contribution in [2.24, 2.45) is 5.14 Å². The number of nitrogens with two attached hydrogens (primary N) is 1. The average molecular weight is 468 g/mol. The number of sulfonamides is 1. The maximum atomic E-state index is 13.3. The molecule has 2 aromatic heterocycles. The van der Waals surface area contributed by atoms with E-state index in [0.717, 1.165) is 10.6 Å². The predicted molar refractivity (Wildman–Crippen MR) is 123 cm³/mol. The predicted octanol–water partition coefficient (Wildman–Crippen LogP) is 3.48. The molecule has 0 spiro atoms. The van der Waals surface area contributed by atoms with Gasteiger partial charge in [-0.05, 0) is 48.2 Å². The lowest BCUT2D eigenvalue weighted by Gasteiger charge is -2.24. The highest BCUT2D eigenvalue weighted by molar-refractivity contribution is 7.89. The van der Waals surface area contributed by atoms with Gasteiger partial charge in [0.05, 0.1) is 21.5 Å². The lowest BCUT2D eigenvalue weighted by molar-refractivity contribution is 0.0730. The van der Waals surface area contributed by atoms with Crippen LogP contribution >= 0.6 is 11.3 Å². The van der Waals surface area contributed by atoms with Crippen molar-refractivity contribution in [3.63, 3.8) is 0 Å². The molecule has 0 aliphatic heterocycles. The molecular weight excluding hydrogens is 446 g/mol. The minimum absolute atomic E-state index is 0.00541. The van der Waals surface area contributed by atoms with Gasteiger partial charge in [0, 0.05) is 7.05 Å². The second-order valence-electron chi connectivity index (χ2n) is 7.19. The molecule has 4 rings (SSSR count). The second-order valence-corrected chi connectivity index (χ2v) is 9.70. The zero-order valence-corrected chi connectivity index (χ0v) is 19.0. The number of aromatic nitrogens is 3. The fourth-order valence-corrected chi connectivity index (χ4v) is 4.49. The lowest BCUT2D eigenvalue weighted by atomic mass is 10.1. The van der Waals surface area contributed by atoms with Crippen molar-refractivity contribution >= 4 is 27.3 Å². The van der Waals surface area contributed by atoms with E-state index in [1.807, 2.05) is 47.8 Å². The summed E-state index contributed by atoms with van der Waals surface area (Å²) in [6.45, 7) is 1.80. The van der Waals surface area contributed by atoms with Gasteiger partial charge in [-0.2, -0.15) is 0 Å². The van der Waals surface area contributed by atoms with Crippen molar-refractivity contribution in [3.05, 3.63) is 83.5 Å². The first-order chi connectivity index (χ1) is 15.3. The van der Waals surface area contributed by atoms with Gasteiger partial charge in [-0.25, -0.2) is 23.2 Å². The zero-order chi connectivity index (χ0) is 22.9. The van der Waals surface area contributed by atoms with Crippen LogP contribution in [0.4, 0.5) is 0 Å². The van der Waals surface area contributed by atoms with Crippen LogP contribution in [0.3, 0.4) is 0 Å². The minimum atomic E-state index is -3.85. The number of hydrogen-bond donors (Lipinski definition) is 1. The summed E-state index contributed by atoms with van der Waals surface area (Å²) in [5.74, 6) is 0.243. The molecule has 4 aromatic rings. The Bertz CT molecular complexity index is 1350. The third-order valence-electron chi connectivity index (χ3n) is 5.11.